The van der Waals surface area contributed by atoms with Crippen LogP contribution in [0.25, 0.3) is 0 Å². The summed E-state index contributed by atoms with van der Waals surface area (Å²) in [5.74, 6) is -7.50. The second-order valence-corrected chi connectivity index (χ2v) is 12.5. The van der Waals surface area contributed by atoms with Gasteiger partial charge in [-0.15, -0.1) is 0 Å². The second-order valence-electron chi connectivity index (χ2n) is 11.3. The molecule has 2 fully saturated rings. The van der Waals surface area contributed by atoms with Crippen molar-refractivity contribution in [3.8, 4) is 5.75 Å². The minimum absolute atomic E-state index is 0.0730. The van der Waals surface area contributed by atoms with Crippen LogP contribution in [0.3, 0.4) is 0 Å². The maximum Gasteiger partial charge on any atom is 0.325 e. The molecular weight excluding hydrogens is 697 g/mol. The number of carbonyl (C=O) groups excluding carboxylic acids is 2. The lowest BCUT2D eigenvalue weighted by atomic mass is 9.65. The average molecular weight is 722 g/mol. The normalized spacial score (nSPS) is 27.1. The van der Waals surface area contributed by atoms with Crippen LogP contribution in [0.2, 0.25) is 0 Å². The van der Waals surface area contributed by atoms with E-state index in [1.807, 2.05) is 24.3 Å². The van der Waals surface area contributed by atoms with Crippen molar-refractivity contribution >= 4 is 46.1 Å². The number of halogens is 3. The van der Waals surface area contributed by atoms with E-state index in [2.05, 4.69) is 27.9 Å². The summed E-state index contributed by atoms with van der Waals surface area (Å²) < 4.78 is 42.2. The van der Waals surface area contributed by atoms with Gasteiger partial charge in [-0.05, 0) is 75.2 Å². The fraction of sp³-hybridized carbons (Fsp3) is 0.206. The van der Waals surface area contributed by atoms with E-state index in [1.165, 1.54) is 13.2 Å². The van der Waals surface area contributed by atoms with Crippen molar-refractivity contribution in [1.29, 1.82) is 0 Å². The number of carboxylic acids is 1. The van der Waals surface area contributed by atoms with Gasteiger partial charge in [0.2, 0.25) is 11.7 Å². The third kappa shape index (κ3) is 4.27. The molecule has 11 heteroatoms. The molecule has 0 aliphatic carbocycles. The molecule has 8 nitrogen and oxygen atoms in total. The molecule has 0 aromatic heterocycles. The Morgan fingerprint density at radius 3 is 2.24 bits per heavy atom. The van der Waals surface area contributed by atoms with Gasteiger partial charge in [0.25, 0.3) is 0 Å². The first-order valence-electron chi connectivity index (χ1n) is 14.1. The maximum atomic E-state index is 15.3. The number of aliphatic carboxylic acids is 1. The summed E-state index contributed by atoms with van der Waals surface area (Å²) in [4.78, 5) is 43.7. The van der Waals surface area contributed by atoms with E-state index in [1.54, 1.807) is 59.5 Å². The standard InChI is InChI=1S/C34H25F2IN2O6/c1-44-24-15-19(14-22(35)26(24)36)30-34(21-16-20(37)12-13-23(21)38-33(34)43)25(31(40)41)28-32(42)45-29(18-10-6-3-7-11-18)27(39(28)30)17-8-4-2-5-9-17/h2-16,25,27-30H,1H3,(H,38,43)(H,40,41)/t25-,27-,28-,29+,30+,34-/m0/s1. The van der Waals surface area contributed by atoms with E-state index in [0.29, 0.717) is 25.9 Å². The highest BCUT2D eigenvalue weighted by Gasteiger charge is 2.74. The number of nitrogens with zero attached hydrogens (tertiary/aromatic N) is 1. The third-order valence-electron chi connectivity index (χ3n) is 9.09. The Hall–Kier alpha value is -4.36. The van der Waals surface area contributed by atoms with Crippen LogP contribution in [0.1, 0.15) is 40.4 Å². The van der Waals surface area contributed by atoms with Crippen LogP contribution < -0.4 is 10.1 Å². The predicted molar refractivity (Wildman–Crippen MR) is 166 cm³/mol. The van der Waals surface area contributed by atoms with Crippen molar-refractivity contribution in [1.82, 2.24) is 4.90 Å². The number of nitrogens with one attached hydrogen (secondary N) is 1. The largest absolute Gasteiger partial charge is 0.494 e. The Labute approximate surface area is 270 Å². The number of carboxylic acid groups (broad SMARTS) is 1. The van der Waals surface area contributed by atoms with Crippen molar-refractivity contribution < 1.29 is 37.7 Å². The van der Waals surface area contributed by atoms with Gasteiger partial charge < -0.3 is 19.9 Å². The molecular formula is C34H25F2IN2O6. The number of hydrogen-bond acceptors (Lipinski definition) is 6. The molecule has 1 amide bonds. The minimum atomic E-state index is -1.96. The summed E-state index contributed by atoms with van der Waals surface area (Å²) in [6.45, 7) is 0. The lowest BCUT2D eigenvalue weighted by Gasteiger charge is -2.46. The zero-order valence-electron chi connectivity index (χ0n) is 23.6. The number of carbonyl (C=O) groups is 3. The van der Waals surface area contributed by atoms with Gasteiger partial charge in [-0.2, -0.15) is 4.39 Å². The van der Waals surface area contributed by atoms with Gasteiger partial charge >= 0.3 is 11.9 Å². The highest BCUT2D eigenvalue weighted by atomic mass is 127. The summed E-state index contributed by atoms with van der Waals surface area (Å²) in [5, 5.41) is 13.8. The molecule has 0 saturated carbocycles. The second kappa shape index (κ2) is 10.9. The number of methoxy groups -OCH3 is 1. The average Bonchev–Trinajstić information content (AvgIpc) is 3.51. The molecule has 0 unspecified atom stereocenters. The van der Waals surface area contributed by atoms with Gasteiger partial charge in [0.15, 0.2) is 11.6 Å². The molecule has 0 bridgehead atoms. The van der Waals surface area contributed by atoms with Crippen LogP contribution >= 0.6 is 22.6 Å². The number of esters is 1. The molecule has 45 heavy (non-hydrogen) atoms. The number of rotatable bonds is 5. The van der Waals surface area contributed by atoms with Crippen LogP contribution in [0, 0.1) is 21.1 Å². The molecule has 1 spiro atoms. The van der Waals surface area contributed by atoms with Crippen LogP contribution in [0.5, 0.6) is 5.75 Å². The Morgan fingerprint density at radius 1 is 0.933 bits per heavy atom. The fourth-order valence-electron chi connectivity index (χ4n) is 7.44. The molecule has 4 aromatic carbocycles. The molecule has 7 rings (SSSR count). The van der Waals surface area contributed by atoms with E-state index in [0.717, 1.165) is 6.07 Å². The minimum Gasteiger partial charge on any atom is -0.494 e. The zero-order valence-corrected chi connectivity index (χ0v) is 25.8. The summed E-state index contributed by atoms with van der Waals surface area (Å²) in [5.41, 5.74) is 0.133. The molecule has 2 saturated heterocycles. The number of hydrogen-bond donors (Lipinski definition) is 2. The maximum absolute atomic E-state index is 15.3. The molecule has 3 aliphatic heterocycles. The lowest BCUT2D eigenvalue weighted by molar-refractivity contribution is -0.179. The van der Waals surface area contributed by atoms with Crippen LogP contribution in [-0.2, 0) is 24.5 Å². The molecule has 3 aliphatic rings. The first-order valence-corrected chi connectivity index (χ1v) is 15.2. The number of ether oxygens (including phenoxy) is 2. The predicted octanol–water partition coefficient (Wildman–Crippen LogP) is 5.93. The van der Waals surface area contributed by atoms with Crippen molar-refractivity contribution in [3.63, 3.8) is 0 Å². The van der Waals surface area contributed by atoms with E-state index in [-0.39, 0.29) is 5.56 Å². The molecule has 3 heterocycles. The Balaban J connectivity index is 1.60. The number of cyclic esters (lactones) is 1. The van der Waals surface area contributed by atoms with Crippen molar-refractivity contribution in [2.75, 3.05) is 12.4 Å². The zero-order chi connectivity index (χ0) is 31.6. The van der Waals surface area contributed by atoms with Gasteiger partial charge in [0.1, 0.15) is 23.5 Å². The summed E-state index contributed by atoms with van der Waals surface area (Å²) in [6.07, 6.45) is -0.934. The Morgan fingerprint density at radius 2 is 1.60 bits per heavy atom. The first-order chi connectivity index (χ1) is 21.7. The Bertz CT molecular complexity index is 1860. The number of morpholine rings is 1. The van der Waals surface area contributed by atoms with Crippen LogP contribution in [0.15, 0.2) is 91.0 Å². The lowest BCUT2D eigenvalue weighted by Crippen LogP contribution is -2.52. The molecule has 6 atom stereocenters. The number of benzene rings is 4. The number of amides is 1. The number of fused-ring (bicyclic) bond motifs is 3. The van der Waals surface area contributed by atoms with Gasteiger partial charge in [-0.1, -0.05) is 60.7 Å². The summed E-state index contributed by atoms with van der Waals surface area (Å²) in [7, 11) is 1.19. The molecule has 4 aromatic rings. The summed E-state index contributed by atoms with van der Waals surface area (Å²) >= 11 is 2.07. The van der Waals surface area contributed by atoms with Crippen molar-refractivity contribution in [2.24, 2.45) is 5.92 Å². The van der Waals surface area contributed by atoms with Gasteiger partial charge in [0.05, 0.1) is 19.2 Å². The monoisotopic (exact) mass is 722 g/mol. The van der Waals surface area contributed by atoms with E-state index >= 15 is 4.39 Å². The topological polar surface area (TPSA) is 105 Å². The first kappa shape index (κ1) is 29.4. The molecule has 2 N–H and O–H groups in total. The van der Waals surface area contributed by atoms with E-state index in [4.69, 9.17) is 9.47 Å². The SMILES string of the molecule is COc1cc([C@H]2N3[C@H](C(=O)O[C@H](c4ccccc4)[C@@H]3c3ccccc3)[C@@H](C(=O)O)[C@]23C(=O)Nc2ccc(I)cc23)cc(F)c1F. The van der Waals surface area contributed by atoms with Crippen LogP contribution in [-0.4, -0.2) is 41.0 Å². The van der Waals surface area contributed by atoms with E-state index in [9.17, 15) is 23.9 Å². The van der Waals surface area contributed by atoms with Gasteiger partial charge in [0, 0.05) is 9.26 Å². The van der Waals surface area contributed by atoms with Crippen molar-refractivity contribution in [3.05, 3.63) is 128 Å². The van der Waals surface area contributed by atoms with Crippen molar-refractivity contribution in [2.45, 2.75) is 29.6 Å². The van der Waals surface area contributed by atoms with Gasteiger partial charge in [-0.3, -0.25) is 19.3 Å². The third-order valence-corrected chi connectivity index (χ3v) is 9.76. The highest BCUT2D eigenvalue weighted by Crippen LogP contribution is 2.65. The molecule has 0 radical (unpaired) electrons. The quantitative estimate of drug-likeness (QED) is 0.194. The smallest absolute Gasteiger partial charge is 0.325 e. The molecule has 228 valence electrons. The summed E-state index contributed by atoms with van der Waals surface area (Å²) in [6, 6.07) is 21.8. The van der Waals surface area contributed by atoms with Crippen LogP contribution in [0.4, 0.5) is 14.5 Å². The fourth-order valence-corrected chi connectivity index (χ4v) is 7.93. The van der Waals surface area contributed by atoms with Gasteiger partial charge in [-0.25, -0.2) is 4.39 Å². The Kier molecular flexibility index (Phi) is 7.12. The number of anilines is 1. The van der Waals surface area contributed by atoms with E-state index < -0.39 is 70.8 Å². The highest BCUT2D eigenvalue weighted by molar-refractivity contribution is 14.1.